The van der Waals surface area contributed by atoms with Gasteiger partial charge < -0.3 is 0 Å². The van der Waals surface area contributed by atoms with Crippen LogP contribution in [0.15, 0.2) is 53.3 Å². The third kappa shape index (κ3) is 3.08. The van der Waals surface area contributed by atoms with Crippen molar-refractivity contribution in [3.63, 3.8) is 0 Å². The second-order valence-electron chi connectivity index (χ2n) is 6.65. The van der Waals surface area contributed by atoms with E-state index >= 15 is 0 Å². The lowest BCUT2D eigenvalue weighted by atomic mass is 10.0. The van der Waals surface area contributed by atoms with Crippen LogP contribution in [-0.2, 0) is 6.42 Å². The van der Waals surface area contributed by atoms with Gasteiger partial charge in [0.15, 0.2) is 0 Å². The van der Waals surface area contributed by atoms with Crippen molar-refractivity contribution in [2.75, 3.05) is 13.6 Å². The molecule has 2 heterocycles. The van der Waals surface area contributed by atoms with Crippen molar-refractivity contribution in [3.8, 4) is 0 Å². The summed E-state index contributed by atoms with van der Waals surface area (Å²) in [4.78, 5) is 15.2. The van der Waals surface area contributed by atoms with E-state index < -0.39 is 0 Å². The van der Waals surface area contributed by atoms with Gasteiger partial charge in [0.25, 0.3) is 5.56 Å². The van der Waals surface area contributed by atoms with Gasteiger partial charge in [-0.2, -0.15) is 5.10 Å². The summed E-state index contributed by atoms with van der Waals surface area (Å²) in [5.74, 6) is 0. The quantitative estimate of drug-likeness (QED) is 0.717. The fourth-order valence-electron chi connectivity index (χ4n) is 3.60. The predicted octanol–water partition coefficient (Wildman–Crippen LogP) is 3.86. The minimum atomic E-state index is -0.00536. The topological polar surface area (TPSA) is 38.1 Å². The number of fused-ring (bicyclic) bond motifs is 1. The maximum absolute atomic E-state index is 13.0. The monoisotopic (exact) mass is 353 g/mol. The lowest BCUT2D eigenvalue weighted by Gasteiger charge is -2.22. The number of aromatic nitrogens is 2. The molecule has 0 saturated carbocycles. The molecule has 1 atom stereocenters. The first-order valence-corrected chi connectivity index (χ1v) is 8.96. The Kier molecular flexibility index (Phi) is 4.32. The number of likely N-dealkylation sites (tertiary alicyclic amines) is 1. The van der Waals surface area contributed by atoms with E-state index in [0.717, 1.165) is 46.4 Å². The van der Waals surface area contributed by atoms with E-state index in [4.69, 9.17) is 16.7 Å². The Balaban J connectivity index is 1.86. The molecule has 5 heteroatoms. The third-order valence-electron chi connectivity index (χ3n) is 4.95. The fraction of sp³-hybridized carbons (Fsp3) is 0.300. The van der Waals surface area contributed by atoms with Gasteiger partial charge in [-0.3, -0.25) is 9.69 Å². The normalized spacial score (nSPS) is 18.1. The van der Waals surface area contributed by atoms with Crippen LogP contribution in [0.4, 0.5) is 0 Å². The summed E-state index contributed by atoms with van der Waals surface area (Å²) in [6.07, 6.45) is 2.77. The molecule has 0 aliphatic carbocycles. The van der Waals surface area contributed by atoms with Gasteiger partial charge in [0, 0.05) is 16.8 Å². The van der Waals surface area contributed by atoms with Gasteiger partial charge >= 0.3 is 0 Å². The molecule has 1 saturated heterocycles. The molecule has 3 aromatic rings. The summed E-state index contributed by atoms with van der Waals surface area (Å²) >= 11 is 5.99. The second kappa shape index (κ2) is 6.62. The van der Waals surface area contributed by atoms with Crippen LogP contribution in [-0.4, -0.2) is 28.3 Å². The van der Waals surface area contributed by atoms with Crippen molar-refractivity contribution in [1.82, 2.24) is 14.7 Å². The maximum atomic E-state index is 13.0. The minimum Gasteiger partial charge on any atom is -0.285 e. The predicted molar refractivity (Wildman–Crippen MR) is 101 cm³/mol. The Bertz CT molecular complexity index is 965. The van der Waals surface area contributed by atoms with Gasteiger partial charge in [0.05, 0.1) is 11.1 Å². The van der Waals surface area contributed by atoms with Gasteiger partial charge in [-0.15, -0.1) is 0 Å². The van der Waals surface area contributed by atoms with Gasteiger partial charge in [0.1, 0.15) is 6.17 Å². The number of hydrogen-bond donors (Lipinski definition) is 0. The molecule has 2 aromatic carbocycles. The number of halogens is 1. The summed E-state index contributed by atoms with van der Waals surface area (Å²) in [5, 5.41) is 7.17. The zero-order chi connectivity index (χ0) is 17.4. The molecular formula is C20H20ClN3O. The molecule has 128 valence electrons. The van der Waals surface area contributed by atoms with Crippen molar-refractivity contribution in [3.05, 3.63) is 75.2 Å². The molecule has 1 aliphatic heterocycles. The molecule has 0 amide bonds. The molecule has 1 aromatic heterocycles. The average molecular weight is 354 g/mol. The zero-order valence-corrected chi connectivity index (χ0v) is 14.9. The highest BCUT2D eigenvalue weighted by Crippen LogP contribution is 2.25. The number of hydrogen-bond acceptors (Lipinski definition) is 3. The molecule has 1 aliphatic rings. The van der Waals surface area contributed by atoms with Crippen LogP contribution in [0.1, 0.15) is 30.3 Å². The molecule has 1 unspecified atom stereocenters. The van der Waals surface area contributed by atoms with Crippen molar-refractivity contribution in [2.24, 2.45) is 0 Å². The molecule has 0 bridgehead atoms. The first-order valence-electron chi connectivity index (χ1n) is 8.58. The lowest BCUT2D eigenvalue weighted by Crippen LogP contribution is -2.34. The first-order chi connectivity index (χ1) is 12.1. The Morgan fingerprint density at radius 1 is 1.12 bits per heavy atom. The first kappa shape index (κ1) is 16.3. The third-order valence-corrected chi connectivity index (χ3v) is 5.21. The van der Waals surface area contributed by atoms with Gasteiger partial charge in [-0.05, 0) is 50.2 Å². The van der Waals surface area contributed by atoms with Crippen LogP contribution in [0.2, 0.25) is 5.02 Å². The standard InChI is InChI=1S/C20H20ClN3O/c1-23-12-4-7-19(23)24-20(25)17-6-3-2-5-16(17)18(22-24)13-14-8-10-15(21)11-9-14/h2-3,5-6,8-11,19H,4,7,12-13H2,1H3. The van der Waals surface area contributed by atoms with E-state index in [1.54, 1.807) is 4.68 Å². The number of benzene rings is 2. The summed E-state index contributed by atoms with van der Waals surface area (Å²) in [5.41, 5.74) is 2.05. The summed E-state index contributed by atoms with van der Waals surface area (Å²) in [7, 11) is 2.06. The Morgan fingerprint density at radius 2 is 1.84 bits per heavy atom. The highest BCUT2D eigenvalue weighted by molar-refractivity contribution is 6.30. The van der Waals surface area contributed by atoms with Crippen LogP contribution >= 0.6 is 11.6 Å². The van der Waals surface area contributed by atoms with E-state index in [1.165, 1.54) is 0 Å². The molecule has 4 rings (SSSR count). The number of nitrogens with zero attached hydrogens (tertiary/aromatic N) is 3. The summed E-state index contributed by atoms with van der Waals surface area (Å²) in [6, 6.07) is 15.6. The molecule has 0 radical (unpaired) electrons. The second-order valence-corrected chi connectivity index (χ2v) is 7.09. The van der Waals surface area contributed by atoms with Crippen molar-refractivity contribution in [2.45, 2.75) is 25.4 Å². The highest BCUT2D eigenvalue weighted by Gasteiger charge is 2.25. The molecule has 1 fully saturated rings. The van der Waals surface area contributed by atoms with E-state index in [-0.39, 0.29) is 11.7 Å². The van der Waals surface area contributed by atoms with Crippen molar-refractivity contribution in [1.29, 1.82) is 0 Å². The zero-order valence-electron chi connectivity index (χ0n) is 14.2. The molecule has 4 nitrogen and oxygen atoms in total. The lowest BCUT2D eigenvalue weighted by molar-refractivity contribution is 0.212. The van der Waals surface area contributed by atoms with Crippen LogP contribution in [0.25, 0.3) is 10.8 Å². The minimum absolute atomic E-state index is 0.00536. The Labute approximate surface area is 151 Å². The van der Waals surface area contributed by atoms with Crippen LogP contribution in [0.5, 0.6) is 0 Å². The van der Waals surface area contributed by atoms with Crippen LogP contribution < -0.4 is 5.56 Å². The maximum Gasteiger partial charge on any atom is 0.276 e. The Morgan fingerprint density at radius 3 is 2.52 bits per heavy atom. The van der Waals surface area contributed by atoms with Gasteiger partial charge in [-0.25, -0.2) is 4.68 Å². The van der Waals surface area contributed by atoms with Crippen molar-refractivity contribution >= 4 is 22.4 Å². The van der Waals surface area contributed by atoms with Crippen molar-refractivity contribution < 1.29 is 0 Å². The van der Waals surface area contributed by atoms with E-state index in [9.17, 15) is 4.79 Å². The summed E-state index contributed by atoms with van der Waals surface area (Å²) < 4.78 is 1.68. The van der Waals surface area contributed by atoms with Crippen LogP contribution in [0, 0.1) is 0 Å². The van der Waals surface area contributed by atoms with E-state index in [2.05, 4.69) is 11.9 Å². The van der Waals surface area contributed by atoms with E-state index in [0.29, 0.717) is 6.42 Å². The summed E-state index contributed by atoms with van der Waals surface area (Å²) in [6.45, 7) is 0.998. The van der Waals surface area contributed by atoms with E-state index in [1.807, 2.05) is 48.5 Å². The molecule has 0 N–H and O–H groups in total. The SMILES string of the molecule is CN1CCCC1n1nc(Cc2ccc(Cl)cc2)c2ccccc2c1=O. The fourth-order valence-corrected chi connectivity index (χ4v) is 3.73. The number of rotatable bonds is 3. The average Bonchev–Trinajstić information content (AvgIpc) is 3.05. The molecular weight excluding hydrogens is 334 g/mol. The highest BCUT2D eigenvalue weighted by atomic mass is 35.5. The Hall–Kier alpha value is -2.17. The molecule has 25 heavy (non-hydrogen) atoms. The van der Waals surface area contributed by atoms with Gasteiger partial charge in [0.2, 0.25) is 0 Å². The van der Waals surface area contributed by atoms with Crippen LogP contribution in [0.3, 0.4) is 0 Å². The largest absolute Gasteiger partial charge is 0.285 e. The van der Waals surface area contributed by atoms with Gasteiger partial charge in [-0.1, -0.05) is 41.9 Å². The smallest absolute Gasteiger partial charge is 0.276 e. The molecule has 0 spiro atoms.